The van der Waals surface area contributed by atoms with E-state index in [4.69, 9.17) is 0 Å². The van der Waals surface area contributed by atoms with Gasteiger partial charge in [0, 0.05) is 31.2 Å². The van der Waals surface area contributed by atoms with Crippen molar-refractivity contribution in [3.63, 3.8) is 0 Å². The highest BCUT2D eigenvalue weighted by Crippen LogP contribution is 2.15. The van der Waals surface area contributed by atoms with Crippen LogP contribution in [-0.4, -0.2) is 17.0 Å². The quantitative estimate of drug-likeness (QED) is 0.862. The number of benzene rings is 1. The van der Waals surface area contributed by atoms with Crippen LogP contribution in [0.25, 0.3) is 10.9 Å². The third kappa shape index (κ3) is 3.13. The summed E-state index contributed by atoms with van der Waals surface area (Å²) in [6, 6.07) is 10.3. The van der Waals surface area contributed by atoms with Crippen LogP contribution in [0.5, 0.6) is 0 Å². The van der Waals surface area contributed by atoms with E-state index in [0.717, 1.165) is 13.1 Å². The number of aromatic nitrogens is 1. The summed E-state index contributed by atoms with van der Waals surface area (Å²) in [5, 5.41) is 4.16. The lowest BCUT2D eigenvalue weighted by molar-refractivity contribution is -0.121. The summed E-state index contributed by atoms with van der Waals surface area (Å²) in [5.74, 6) is 0.628. The molecule has 1 aromatic carbocycles. The van der Waals surface area contributed by atoms with Gasteiger partial charge in [0.05, 0.1) is 0 Å². The number of carbonyl (C=O) groups excluding carboxylic acids is 1. The maximum Gasteiger partial charge on any atom is 0.221 e. The van der Waals surface area contributed by atoms with Gasteiger partial charge < -0.3 is 9.88 Å². The molecule has 1 heterocycles. The van der Waals surface area contributed by atoms with E-state index in [-0.39, 0.29) is 5.91 Å². The van der Waals surface area contributed by atoms with Gasteiger partial charge in [-0.3, -0.25) is 4.79 Å². The van der Waals surface area contributed by atoms with Crippen molar-refractivity contribution in [2.45, 2.75) is 26.8 Å². The summed E-state index contributed by atoms with van der Waals surface area (Å²) in [5.41, 5.74) is 1.19. The van der Waals surface area contributed by atoms with Crippen LogP contribution in [0.3, 0.4) is 0 Å². The Hall–Kier alpha value is -1.77. The predicted molar refractivity (Wildman–Crippen MR) is 74.4 cm³/mol. The summed E-state index contributed by atoms with van der Waals surface area (Å²) in [6.07, 6.45) is 2.58. The number of nitrogens with zero attached hydrogens (tertiary/aromatic N) is 1. The second-order valence-corrected chi connectivity index (χ2v) is 5.02. The minimum absolute atomic E-state index is 0.126. The Bertz CT molecular complexity index is 528. The van der Waals surface area contributed by atoms with E-state index >= 15 is 0 Å². The van der Waals surface area contributed by atoms with Gasteiger partial charge in [0.1, 0.15) is 0 Å². The minimum Gasteiger partial charge on any atom is -0.356 e. The topological polar surface area (TPSA) is 34.0 Å². The number of fused-ring (bicyclic) bond motifs is 1. The monoisotopic (exact) mass is 244 g/mol. The lowest BCUT2D eigenvalue weighted by atomic mass is 10.2. The molecule has 0 aliphatic carbocycles. The average molecular weight is 244 g/mol. The smallest absolute Gasteiger partial charge is 0.221 e. The third-order valence-corrected chi connectivity index (χ3v) is 2.97. The molecule has 2 rings (SSSR count). The van der Waals surface area contributed by atoms with Crippen molar-refractivity contribution in [2.24, 2.45) is 5.92 Å². The second-order valence-electron chi connectivity index (χ2n) is 5.02. The van der Waals surface area contributed by atoms with Crippen LogP contribution in [-0.2, 0) is 11.3 Å². The van der Waals surface area contributed by atoms with Crippen molar-refractivity contribution < 1.29 is 4.79 Å². The standard InChI is InChI=1S/C15H20N2O/c1-12(2)11-16-15(18)8-10-17-9-7-13-5-3-4-6-14(13)17/h3-7,9,12H,8,10-11H2,1-2H3,(H,16,18). The van der Waals surface area contributed by atoms with Crippen molar-refractivity contribution in [1.29, 1.82) is 0 Å². The van der Waals surface area contributed by atoms with E-state index in [1.807, 2.05) is 18.3 Å². The average Bonchev–Trinajstić information content (AvgIpc) is 2.77. The first kappa shape index (κ1) is 12.7. The zero-order valence-electron chi connectivity index (χ0n) is 11.0. The van der Waals surface area contributed by atoms with Crippen LogP contribution in [0, 0.1) is 5.92 Å². The van der Waals surface area contributed by atoms with Gasteiger partial charge >= 0.3 is 0 Å². The summed E-state index contributed by atoms with van der Waals surface area (Å²) < 4.78 is 2.13. The molecule has 0 unspecified atom stereocenters. The molecule has 3 nitrogen and oxygen atoms in total. The fraction of sp³-hybridized carbons (Fsp3) is 0.400. The van der Waals surface area contributed by atoms with E-state index in [2.05, 4.69) is 41.9 Å². The van der Waals surface area contributed by atoms with Crippen molar-refractivity contribution in [1.82, 2.24) is 9.88 Å². The summed E-state index contributed by atoms with van der Waals surface area (Å²) >= 11 is 0. The van der Waals surface area contributed by atoms with Crippen LogP contribution < -0.4 is 5.32 Å². The molecule has 0 saturated carbocycles. The first-order chi connectivity index (χ1) is 8.66. The van der Waals surface area contributed by atoms with Gasteiger partial charge in [-0.1, -0.05) is 32.0 Å². The SMILES string of the molecule is CC(C)CNC(=O)CCn1ccc2ccccc21. The van der Waals surface area contributed by atoms with E-state index in [1.54, 1.807) is 0 Å². The highest BCUT2D eigenvalue weighted by Gasteiger charge is 2.04. The number of para-hydroxylation sites is 1. The van der Waals surface area contributed by atoms with Gasteiger partial charge in [0.2, 0.25) is 5.91 Å². The van der Waals surface area contributed by atoms with E-state index in [9.17, 15) is 4.79 Å². The van der Waals surface area contributed by atoms with Gasteiger partial charge in [0.15, 0.2) is 0 Å². The maximum atomic E-state index is 11.7. The predicted octanol–water partition coefficient (Wildman–Crippen LogP) is 2.80. The Labute approximate surface area is 108 Å². The van der Waals surface area contributed by atoms with Gasteiger partial charge in [-0.05, 0) is 23.4 Å². The van der Waals surface area contributed by atoms with Gasteiger partial charge in [-0.15, -0.1) is 0 Å². The largest absolute Gasteiger partial charge is 0.356 e. The Morgan fingerprint density at radius 1 is 1.28 bits per heavy atom. The molecule has 0 spiro atoms. The van der Waals surface area contributed by atoms with Crippen LogP contribution in [0.4, 0.5) is 0 Å². The molecular weight excluding hydrogens is 224 g/mol. The summed E-state index contributed by atoms with van der Waals surface area (Å²) in [4.78, 5) is 11.7. The third-order valence-electron chi connectivity index (χ3n) is 2.97. The molecule has 0 atom stereocenters. The Morgan fingerprint density at radius 3 is 2.83 bits per heavy atom. The van der Waals surface area contributed by atoms with E-state index in [1.165, 1.54) is 10.9 Å². The molecular formula is C15H20N2O. The fourth-order valence-corrected chi connectivity index (χ4v) is 1.96. The van der Waals surface area contributed by atoms with E-state index in [0.29, 0.717) is 12.3 Å². The highest BCUT2D eigenvalue weighted by molar-refractivity contribution is 5.80. The highest BCUT2D eigenvalue weighted by atomic mass is 16.1. The molecule has 1 amide bonds. The molecule has 18 heavy (non-hydrogen) atoms. The van der Waals surface area contributed by atoms with Gasteiger partial charge in [-0.25, -0.2) is 0 Å². The first-order valence-electron chi connectivity index (χ1n) is 6.47. The summed E-state index contributed by atoms with van der Waals surface area (Å²) in [7, 11) is 0. The normalized spacial score (nSPS) is 11.1. The van der Waals surface area contributed by atoms with Crippen molar-refractivity contribution >= 4 is 16.8 Å². The van der Waals surface area contributed by atoms with Crippen LogP contribution in [0.2, 0.25) is 0 Å². The van der Waals surface area contributed by atoms with Crippen molar-refractivity contribution in [3.05, 3.63) is 36.5 Å². The van der Waals surface area contributed by atoms with Gasteiger partial charge in [-0.2, -0.15) is 0 Å². The van der Waals surface area contributed by atoms with Crippen LogP contribution >= 0.6 is 0 Å². The molecule has 0 fully saturated rings. The van der Waals surface area contributed by atoms with Crippen molar-refractivity contribution in [3.8, 4) is 0 Å². The molecule has 0 aliphatic heterocycles. The van der Waals surface area contributed by atoms with Crippen LogP contribution in [0.1, 0.15) is 20.3 Å². The number of aryl methyl sites for hydroxylation is 1. The lowest BCUT2D eigenvalue weighted by Gasteiger charge is -2.08. The lowest BCUT2D eigenvalue weighted by Crippen LogP contribution is -2.27. The zero-order chi connectivity index (χ0) is 13.0. The second kappa shape index (κ2) is 5.71. The molecule has 1 N–H and O–H groups in total. The molecule has 0 radical (unpaired) electrons. The Balaban J connectivity index is 1.92. The number of hydrogen-bond acceptors (Lipinski definition) is 1. The summed E-state index contributed by atoms with van der Waals surface area (Å²) in [6.45, 7) is 5.68. The van der Waals surface area contributed by atoms with E-state index < -0.39 is 0 Å². The fourth-order valence-electron chi connectivity index (χ4n) is 1.96. The molecule has 0 bridgehead atoms. The molecule has 0 saturated heterocycles. The van der Waals surface area contributed by atoms with Crippen LogP contribution in [0.15, 0.2) is 36.5 Å². The zero-order valence-corrected chi connectivity index (χ0v) is 11.0. The number of hydrogen-bond donors (Lipinski definition) is 1. The molecule has 96 valence electrons. The molecule has 0 aliphatic rings. The number of rotatable bonds is 5. The number of nitrogens with one attached hydrogen (secondary N) is 1. The first-order valence-corrected chi connectivity index (χ1v) is 6.47. The maximum absolute atomic E-state index is 11.7. The minimum atomic E-state index is 0.126. The Kier molecular flexibility index (Phi) is 4.03. The number of carbonyl (C=O) groups is 1. The molecule has 3 heteroatoms. The molecule has 1 aromatic heterocycles. The van der Waals surface area contributed by atoms with Gasteiger partial charge in [0.25, 0.3) is 0 Å². The molecule has 2 aromatic rings. The number of amides is 1. The Morgan fingerprint density at radius 2 is 2.06 bits per heavy atom. The van der Waals surface area contributed by atoms with Crippen molar-refractivity contribution in [2.75, 3.05) is 6.54 Å².